The lowest BCUT2D eigenvalue weighted by atomic mass is 9.83. The first-order valence-corrected chi connectivity index (χ1v) is 11.3. The van der Waals surface area contributed by atoms with Crippen molar-refractivity contribution in [2.75, 3.05) is 13.6 Å². The maximum absolute atomic E-state index is 13.4. The van der Waals surface area contributed by atoms with E-state index in [0.29, 0.717) is 0 Å². The highest BCUT2D eigenvalue weighted by atomic mass is 16.5. The second-order valence-corrected chi connectivity index (χ2v) is 8.51. The third kappa shape index (κ3) is 8.45. The molecule has 11 heteroatoms. The fraction of sp³-hybridized carbons (Fsp3) is 0.417. The Labute approximate surface area is 204 Å². The number of carbonyl (C=O) groups excluding carboxylic acids is 4. The van der Waals surface area contributed by atoms with E-state index in [1.54, 1.807) is 42.1 Å². The Balaban J connectivity index is 2.24. The first-order chi connectivity index (χ1) is 16.8. The van der Waals surface area contributed by atoms with Gasteiger partial charge in [0.05, 0.1) is 17.4 Å². The fourth-order valence-corrected chi connectivity index (χ4v) is 3.68. The number of likely N-dealkylation sites (N-methyl/N-ethyl adjacent to an activating group) is 1. The van der Waals surface area contributed by atoms with Gasteiger partial charge in [-0.1, -0.05) is 13.8 Å². The van der Waals surface area contributed by atoms with Crippen molar-refractivity contribution in [2.24, 2.45) is 17.8 Å². The van der Waals surface area contributed by atoms with Crippen LogP contribution in [0.2, 0.25) is 0 Å². The molecular formula is C24H32N6O5. The molecule has 5 N–H and O–H groups in total. The molecule has 0 aromatic carbocycles. The summed E-state index contributed by atoms with van der Waals surface area (Å²) in [6.07, 6.45) is 6.58. The molecule has 2 rings (SSSR count). The third-order valence-corrected chi connectivity index (χ3v) is 5.47. The summed E-state index contributed by atoms with van der Waals surface area (Å²) in [7, 11) is 1.47. The van der Waals surface area contributed by atoms with Gasteiger partial charge < -0.3 is 16.0 Å². The number of amides is 4. The van der Waals surface area contributed by atoms with E-state index in [9.17, 15) is 24.4 Å². The van der Waals surface area contributed by atoms with Crippen molar-refractivity contribution in [3.05, 3.63) is 60.2 Å². The molecule has 4 amide bonds. The molecule has 0 aliphatic rings. The van der Waals surface area contributed by atoms with Crippen LogP contribution in [-0.2, 0) is 20.8 Å². The van der Waals surface area contributed by atoms with Crippen LogP contribution in [-0.4, -0.2) is 58.4 Å². The lowest BCUT2D eigenvalue weighted by Gasteiger charge is -2.28. The highest BCUT2D eigenvalue weighted by molar-refractivity contribution is 5.95. The molecule has 0 saturated heterocycles. The Morgan fingerprint density at radius 3 is 2.23 bits per heavy atom. The quantitative estimate of drug-likeness (QED) is 0.216. The summed E-state index contributed by atoms with van der Waals surface area (Å²) in [5.74, 6) is -4.24. The summed E-state index contributed by atoms with van der Waals surface area (Å²) in [6.45, 7) is 3.56. The van der Waals surface area contributed by atoms with Gasteiger partial charge in [0.15, 0.2) is 0 Å². The molecule has 11 nitrogen and oxygen atoms in total. The zero-order valence-corrected chi connectivity index (χ0v) is 20.0. The number of nitrogens with one attached hydrogen (secondary N) is 4. The van der Waals surface area contributed by atoms with Gasteiger partial charge in [-0.05, 0) is 42.2 Å². The molecule has 2 heterocycles. The second-order valence-electron chi connectivity index (χ2n) is 8.51. The Kier molecular flexibility index (Phi) is 10.8. The maximum atomic E-state index is 13.4. The summed E-state index contributed by atoms with van der Waals surface area (Å²) in [6, 6.07) is 5.75. The van der Waals surface area contributed by atoms with Gasteiger partial charge >= 0.3 is 0 Å². The normalized spacial score (nSPS) is 13.3. The van der Waals surface area contributed by atoms with Crippen molar-refractivity contribution in [2.45, 2.75) is 32.7 Å². The fourth-order valence-electron chi connectivity index (χ4n) is 3.68. The molecule has 188 valence electrons. The second kappa shape index (κ2) is 13.8. The highest BCUT2D eigenvalue weighted by Crippen LogP contribution is 2.22. The van der Waals surface area contributed by atoms with Crippen molar-refractivity contribution in [3.8, 4) is 0 Å². The van der Waals surface area contributed by atoms with Gasteiger partial charge in [-0.15, -0.1) is 0 Å². The van der Waals surface area contributed by atoms with Crippen LogP contribution in [0.1, 0.15) is 36.2 Å². The lowest BCUT2D eigenvalue weighted by molar-refractivity contribution is -0.141. The van der Waals surface area contributed by atoms with E-state index in [0.717, 1.165) is 5.56 Å². The van der Waals surface area contributed by atoms with Crippen LogP contribution in [0, 0.1) is 17.8 Å². The molecule has 0 fully saturated rings. The van der Waals surface area contributed by atoms with Gasteiger partial charge in [0.25, 0.3) is 5.91 Å². The lowest BCUT2D eigenvalue weighted by Crippen LogP contribution is -2.52. The zero-order valence-electron chi connectivity index (χ0n) is 20.0. The van der Waals surface area contributed by atoms with Gasteiger partial charge in [-0.3, -0.25) is 34.4 Å². The van der Waals surface area contributed by atoms with Gasteiger partial charge in [-0.25, -0.2) is 5.48 Å². The molecule has 0 bridgehead atoms. The summed E-state index contributed by atoms with van der Waals surface area (Å²) in [5, 5.41) is 17.2. The molecule has 0 aliphatic carbocycles. The summed E-state index contributed by atoms with van der Waals surface area (Å²) < 4.78 is 0. The molecular weight excluding hydrogens is 452 g/mol. The Hall–Kier alpha value is -3.86. The van der Waals surface area contributed by atoms with E-state index in [4.69, 9.17) is 0 Å². The SMILES string of the molecule is CNC(=O)[C@H](Cc1ccncc1)NC(=O)[C@@H](CC(C)C)[C@H](CNC(=O)c1cccnc1)C(=O)NO. The molecule has 0 radical (unpaired) electrons. The number of pyridine rings is 2. The number of rotatable bonds is 12. The number of carbonyl (C=O) groups is 4. The number of nitrogens with zero attached hydrogens (tertiary/aromatic N) is 2. The minimum atomic E-state index is -1.09. The van der Waals surface area contributed by atoms with Crippen molar-refractivity contribution in [1.82, 2.24) is 31.4 Å². The molecule has 35 heavy (non-hydrogen) atoms. The average molecular weight is 485 g/mol. The van der Waals surface area contributed by atoms with Crippen molar-refractivity contribution >= 4 is 23.6 Å². The Morgan fingerprint density at radius 1 is 0.943 bits per heavy atom. The zero-order chi connectivity index (χ0) is 25.8. The largest absolute Gasteiger partial charge is 0.357 e. The standard InChI is InChI=1S/C24H32N6O5/c1-15(2)11-18(19(23(33)30-35)14-28-21(31)17-5-4-8-27-13-17)22(32)29-20(24(34)25-3)12-16-6-9-26-10-7-16/h4-10,13,15,18-20,35H,11-12,14H2,1-3H3,(H,25,34)(H,28,31)(H,29,32)(H,30,33)/t18-,19-,20-/m0/s1. The van der Waals surface area contributed by atoms with E-state index in [1.165, 1.54) is 19.4 Å². The van der Waals surface area contributed by atoms with E-state index in [-0.39, 0.29) is 30.9 Å². The minimum absolute atomic E-state index is 0.00687. The maximum Gasteiger partial charge on any atom is 0.252 e. The smallest absolute Gasteiger partial charge is 0.252 e. The monoisotopic (exact) mass is 484 g/mol. The summed E-state index contributed by atoms with van der Waals surface area (Å²) in [4.78, 5) is 58.8. The van der Waals surface area contributed by atoms with E-state index < -0.39 is 41.5 Å². The first-order valence-electron chi connectivity index (χ1n) is 11.3. The van der Waals surface area contributed by atoms with Crippen LogP contribution < -0.4 is 21.4 Å². The van der Waals surface area contributed by atoms with Crippen LogP contribution in [0.5, 0.6) is 0 Å². The molecule has 0 unspecified atom stereocenters. The molecule has 0 saturated carbocycles. The topological polar surface area (TPSA) is 162 Å². The molecule has 2 aromatic rings. The summed E-state index contributed by atoms with van der Waals surface area (Å²) >= 11 is 0. The number of hydroxylamine groups is 1. The van der Waals surface area contributed by atoms with E-state index in [2.05, 4.69) is 25.9 Å². The first kappa shape index (κ1) is 27.4. The molecule has 3 atom stereocenters. The van der Waals surface area contributed by atoms with Crippen LogP contribution in [0.15, 0.2) is 49.1 Å². The molecule has 0 aliphatic heterocycles. The van der Waals surface area contributed by atoms with Crippen molar-refractivity contribution in [1.29, 1.82) is 0 Å². The van der Waals surface area contributed by atoms with E-state index >= 15 is 0 Å². The van der Waals surface area contributed by atoms with Crippen LogP contribution >= 0.6 is 0 Å². The predicted molar refractivity (Wildman–Crippen MR) is 127 cm³/mol. The van der Waals surface area contributed by atoms with Crippen molar-refractivity contribution < 1.29 is 24.4 Å². The number of hydrogen-bond acceptors (Lipinski definition) is 7. The van der Waals surface area contributed by atoms with Crippen LogP contribution in [0.3, 0.4) is 0 Å². The van der Waals surface area contributed by atoms with Gasteiger partial charge in [0.2, 0.25) is 17.7 Å². The number of hydrogen-bond donors (Lipinski definition) is 5. The summed E-state index contributed by atoms with van der Waals surface area (Å²) in [5.41, 5.74) is 2.68. The minimum Gasteiger partial charge on any atom is -0.357 e. The van der Waals surface area contributed by atoms with E-state index in [1.807, 2.05) is 13.8 Å². The average Bonchev–Trinajstić information content (AvgIpc) is 2.87. The number of aromatic nitrogens is 2. The van der Waals surface area contributed by atoms with Crippen molar-refractivity contribution in [3.63, 3.8) is 0 Å². The van der Waals surface area contributed by atoms with Gasteiger partial charge in [0.1, 0.15) is 6.04 Å². The van der Waals surface area contributed by atoms with Crippen LogP contribution in [0.25, 0.3) is 0 Å². The Bertz CT molecular complexity index is 986. The van der Waals surface area contributed by atoms with Gasteiger partial charge in [0, 0.05) is 44.8 Å². The Morgan fingerprint density at radius 2 is 1.66 bits per heavy atom. The van der Waals surface area contributed by atoms with Gasteiger partial charge in [-0.2, -0.15) is 0 Å². The van der Waals surface area contributed by atoms with Crippen LogP contribution in [0.4, 0.5) is 0 Å². The predicted octanol–water partition coefficient (Wildman–Crippen LogP) is 0.464. The molecule has 0 spiro atoms. The third-order valence-electron chi connectivity index (χ3n) is 5.47. The highest BCUT2D eigenvalue weighted by Gasteiger charge is 2.36. The molecule has 2 aromatic heterocycles.